The van der Waals surface area contributed by atoms with Crippen molar-refractivity contribution in [3.63, 3.8) is 0 Å². The first-order chi connectivity index (χ1) is 6.13. The van der Waals surface area contributed by atoms with E-state index in [0.29, 0.717) is 5.56 Å². The monoisotopic (exact) mass is 177 g/mol. The molecule has 1 amide bonds. The van der Waals surface area contributed by atoms with E-state index in [2.05, 4.69) is 5.32 Å². The van der Waals surface area contributed by atoms with Gasteiger partial charge in [0, 0.05) is 18.2 Å². The fourth-order valence-electron chi connectivity index (χ4n) is 1.09. The summed E-state index contributed by atoms with van der Waals surface area (Å²) >= 11 is 0. The number of aryl methyl sites for hydroxylation is 1. The van der Waals surface area contributed by atoms with Gasteiger partial charge in [-0.3, -0.25) is 9.59 Å². The van der Waals surface area contributed by atoms with Crippen molar-refractivity contribution in [2.75, 3.05) is 5.32 Å². The van der Waals surface area contributed by atoms with E-state index in [1.54, 1.807) is 18.2 Å². The molecule has 68 valence electrons. The van der Waals surface area contributed by atoms with Gasteiger partial charge in [0.05, 0.1) is 0 Å². The summed E-state index contributed by atoms with van der Waals surface area (Å²) < 4.78 is 0. The summed E-state index contributed by atoms with van der Waals surface area (Å²) in [5.41, 5.74) is 2.23. The van der Waals surface area contributed by atoms with Gasteiger partial charge in [-0.05, 0) is 30.7 Å². The maximum Gasteiger partial charge on any atom is 0.221 e. The molecule has 0 spiro atoms. The number of carbonyl (C=O) groups is 2. The van der Waals surface area contributed by atoms with Crippen LogP contribution in [0.3, 0.4) is 0 Å². The number of amides is 1. The molecular weight excluding hydrogens is 166 g/mol. The van der Waals surface area contributed by atoms with Crippen LogP contribution in [-0.2, 0) is 4.79 Å². The Bertz CT molecular complexity index is 345. The zero-order valence-electron chi connectivity index (χ0n) is 7.63. The molecule has 1 N–H and O–H groups in total. The van der Waals surface area contributed by atoms with Crippen LogP contribution in [0.4, 0.5) is 5.69 Å². The number of aldehydes is 1. The third-order valence-corrected chi connectivity index (χ3v) is 1.72. The molecule has 0 saturated heterocycles. The molecule has 0 unspecified atom stereocenters. The summed E-state index contributed by atoms with van der Waals surface area (Å²) in [6, 6.07) is 5.16. The van der Waals surface area contributed by atoms with Crippen molar-refractivity contribution in [1.29, 1.82) is 0 Å². The molecule has 3 nitrogen and oxygen atoms in total. The Morgan fingerprint density at radius 3 is 2.62 bits per heavy atom. The molecule has 0 fully saturated rings. The predicted molar refractivity (Wildman–Crippen MR) is 50.9 cm³/mol. The van der Waals surface area contributed by atoms with Crippen molar-refractivity contribution in [2.24, 2.45) is 0 Å². The zero-order chi connectivity index (χ0) is 9.84. The SMILES string of the molecule is CC(=O)Nc1ccc(C=O)c(C)c1. The molecule has 1 aromatic rings. The Labute approximate surface area is 76.8 Å². The molecule has 0 aliphatic carbocycles. The summed E-state index contributed by atoms with van der Waals surface area (Å²) in [4.78, 5) is 21.2. The van der Waals surface area contributed by atoms with Crippen molar-refractivity contribution in [3.8, 4) is 0 Å². The van der Waals surface area contributed by atoms with E-state index in [1.807, 2.05) is 6.92 Å². The minimum atomic E-state index is -0.113. The third-order valence-electron chi connectivity index (χ3n) is 1.72. The molecule has 13 heavy (non-hydrogen) atoms. The Morgan fingerprint density at radius 2 is 2.15 bits per heavy atom. The highest BCUT2D eigenvalue weighted by Gasteiger charge is 1.99. The molecule has 1 rings (SSSR count). The van der Waals surface area contributed by atoms with Crippen LogP contribution in [0.5, 0.6) is 0 Å². The Kier molecular flexibility index (Phi) is 2.80. The number of rotatable bonds is 2. The molecule has 0 aliphatic heterocycles. The standard InChI is InChI=1S/C10H11NO2/c1-7-5-10(11-8(2)13)4-3-9(7)6-12/h3-6H,1-2H3,(H,11,13). The minimum Gasteiger partial charge on any atom is -0.326 e. The van der Waals surface area contributed by atoms with E-state index >= 15 is 0 Å². The molecule has 0 saturated carbocycles. The van der Waals surface area contributed by atoms with Crippen molar-refractivity contribution < 1.29 is 9.59 Å². The lowest BCUT2D eigenvalue weighted by molar-refractivity contribution is -0.114. The second-order valence-electron chi connectivity index (χ2n) is 2.87. The molecule has 0 heterocycles. The first-order valence-electron chi connectivity index (χ1n) is 3.97. The number of nitrogens with one attached hydrogen (secondary N) is 1. The maximum absolute atomic E-state index is 10.7. The second-order valence-corrected chi connectivity index (χ2v) is 2.87. The summed E-state index contributed by atoms with van der Waals surface area (Å²) in [7, 11) is 0. The number of hydrogen-bond acceptors (Lipinski definition) is 2. The van der Waals surface area contributed by atoms with Gasteiger partial charge in [-0.2, -0.15) is 0 Å². The predicted octanol–water partition coefficient (Wildman–Crippen LogP) is 1.77. The molecule has 0 bridgehead atoms. The summed E-state index contributed by atoms with van der Waals surface area (Å²) in [5.74, 6) is -0.113. The van der Waals surface area contributed by atoms with Crippen molar-refractivity contribution in [3.05, 3.63) is 29.3 Å². The van der Waals surface area contributed by atoms with Crippen molar-refractivity contribution >= 4 is 17.9 Å². The van der Waals surface area contributed by atoms with Crippen molar-refractivity contribution in [2.45, 2.75) is 13.8 Å². The summed E-state index contributed by atoms with van der Waals surface area (Å²) in [6.07, 6.45) is 0.798. The van der Waals surface area contributed by atoms with E-state index in [-0.39, 0.29) is 5.91 Å². The van der Waals surface area contributed by atoms with Crippen LogP contribution in [0.25, 0.3) is 0 Å². The average molecular weight is 177 g/mol. The van der Waals surface area contributed by atoms with Gasteiger partial charge in [-0.1, -0.05) is 0 Å². The topological polar surface area (TPSA) is 46.2 Å². The highest BCUT2D eigenvalue weighted by Crippen LogP contribution is 2.13. The molecular formula is C10H11NO2. The van der Waals surface area contributed by atoms with E-state index in [9.17, 15) is 9.59 Å². The average Bonchev–Trinajstić information content (AvgIpc) is 2.03. The van der Waals surface area contributed by atoms with Gasteiger partial charge in [0.25, 0.3) is 0 Å². The third kappa shape index (κ3) is 2.40. The van der Waals surface area contributed by atoms with E-state index in [4.69, 9.17) is 0 Å². The first-order valence-corrected chi connectivity index (χ1v) is 3.97. The highest BCUT2D eigenvalue weighted by atomic mass is 16.1. The van der Waals surface area contributed by atoms with Crippen LogP contribution >= 0.6 is 0 Å². The molecule has 1 aromatic carbocycles. The molecule has 0 atom stereocenters. The van der Waals surface area contributed by atoms with Gasteiger partial charge in [0.2, 0.25) is 5.91 Å². The first kappa shape index (κ1) is 9.45. The molecule has 0 radical (unpaired) electrons. The molecule has 0 aromatic heterocycles. The van der Waals surface area contributed by atoms with Gasteiger partial charge < -0.3 is 5.32 Å². The Balaban J connectivity index is 2.95. The number of hydrogen-bond donors (Lipinski definition) is 1. The van der Waals surface area contributed by atoms with Gasteiger partial charge in [-0.15, -0.1) is 0 Å². The fourth-order valence-corrected chi connectivity index (χ4v) is 1.09. The lowest BCUT2D eigenvalue weighted by Gasteiger charge is -2.04. The molecule has 3 heteroatoms. The zero-order valence-corrected chi connectivity index (χ0v) is 7.63. The summed E-state index contributed by atoms with van der Waals surface area (Å²) in [6.45, 7) is 3.28. The van der Waals surface area contributed by atoms with Gasteiger partial charge >= 0.3 is 0 Å². The van der Waals surface area contributed by atoms with Crippen LogP contribution in [0.1, 0.15) is 22.8 Å². The van der Waals surface area contributed by atoms with Gasteiger partial charge in [-0.25, -0.2) is 0 Å². The van der Waals surface area contributed by atoms with Crippen LogP contribution in [0.15, 0.2) is 18.2 Å². The van der Waals surface area contributed by atoms with Crippen LogP contribution in [-0.4, -0.2) is 12.2 Å². The van der Waals surface area contributed by atoms with Gasteiger partial charge in [0.1, 0.15) is 6.29 Å². The normalized spacial score (nSPS) is 9.38. The summed E-state index contributed by atoms with van der Waals surface area (Å²) in [5, 5.41) is 2.64. The minimum absolute atomic E-state index is 0.113. The van der Waals surface area contributed by atoms with E-state index in [1.165, 1.54) is 6.92 Å². The molecule has 0 aliphatic rings. The Morgan fingerprint density at radius 1 is 1.46 bits per heavy atom. The maximum atomic E-state index is 10.7. The second kappa shape index (κ2) is 3.85. The van der Waals surface area contributed by atoms with Gasteiger partial charge in [0.15, 0.2) is 0 Å². The number of carbonyl (C=O) groups excluding carboxylic acids is 2. The lowest BCUT2D eigenvalue weighted by atomic mass is 10.1. The van der Waals surface area contributed by atoms with E-state index < -0.39 is 0 Å². The largest absolute Gasteiger partial charge is 0.326 e. The quantitative estimate of drug-likeness (QED) is 0.700. The smallest absolute Gasteiger partial charge is 0.221 e. The number of anilines is 1. The van der Waals surface area contributed by atoms with Crippen LogP contribution < -0.4 is 5.32 Å². The van der Waals surface area contributed by atoms with E-state index in [0.717, 1.165) is 17.5 Å². The number of benzene rings is 1. The Hall–Kier alpha value is -1.64. The highest BCUT2D eigenvalue weighted by molar-refractivity contribution is 5.89. The van der Waals surface area contributed by atoms with Crippen molar-refractivity contribution in [1.82, 2.24) is 0 Å². The lowest BCUT2D eigenvalue weighted by Crippen LogP contribution is -2.06. The van der Waals surface area contributed by atoms with Crippen LogP contribution in [0.2, 0.25) is 0 Å². The fraction of sp³-hybridized carbons (Fsp3) is 0.200. The van der Waals surface area contributed by atoms with Crippen LogP contribution in [0, 0.1) is 6.92 Å².